The molecule has 3 N–H and O–H groups in total. The van der Waals surface area contributed by atoms with E-state index in [2.05, 4.69) is 39.4 Å². The molecule has 3 heterocycles. The third kappa shape index (κ3) is 7.50. The van der Waals surface area contributed by atoms with Gasteiger partial charge in [0.1, 0.15) is 11.3 Å². The highest BCUT2D eigenvalue weighted by atomic mass is 16.4. The number of aromatic nitrogens is 3. The van der Waals surface area contributed by atoms with E-state index >= 15 is 0 Å². The zero-order valence-corrected chi connectivity index (χ0v) is 25.3. The van der Waals surface area contributed by atoms with Crippen LogP contribution in [0.25, 0.3) is 21.9 Å². The summed E-state index contributed by atoms with van der Waals surface area (Å²) in [6, 6.07) is 15.6. The van der Waals surface area contributed by atoms with Crippen molar-refractivity contribution >= 4 is 39.6 Å². The summed E-state index contributed by atoms with van der Waals surface area (Å²) < 4.78 is 2.28. The molecule has 0 saturated carbocycles. The second kappa shape index (κ2) is 14.0. The first-order chi connectivity index (χ1) is 20.8. The minimum atomic E-state index is -0.866. The smallest absolute Gasteiger partial charge is 0.307 e. The van der Waals surface area contributed by atoms with Gasteiger partial charge in [-0.25, -0.2) is 9.97 Å². The standard InChI is InChI=1S/C33H43N7O3/c1-3-4-13-28-36-31-32(26-11-5-6-12-27(26)35-33(31)34)40(28)15-8-14-39(29(41)23-38-18-16-37(2)17-19-38)22-25-10-7-9-24(20-25)21-30(42)43/h5-7,9-12,20H,3-4,8,13-19,21-23H2,1-2H3,(H2,34,35)(H,42,43). The number of rotatable bonds is 13. The Morgan fingerprint density at radius 3 is 2.53 bits per heavy atom. The number of anilines is 1. The third-order valence-electron chi connectivity index (χ3n) is 8.28. The number of amides is 1. The largest absolute Gasteiger partial charge is 0.481 e. The van der Waals surface area contributed by atoms with Crippen molar-refractivity contribution in [3.63, 3.8) is 0 Å². The molecular formula is C33H43N7O3. The first-order valence-corrected chi connectivity index (χ1v) is 15.3. The molecule has 4 aromatic rings. The molecule has 5 rings (SSSR count). The lowest BCUT2D eigenvalue weighted by Crippen LogP contribution is -2.49. The van der Waals surface area contributed by atoms with Gasteiger partial charge in [-0.1, -0.05) is 55.8 Å². The molecule has 10 nitrogen and oxygen atoms in total. The Bertz CT molecular complexity index is 1580. The fraction of sp³-hybridized carbons (Fsp3) is 0.455. The molecule has 0 atom stereocenters. The Morgan fingerprint density at radius 1 is 1.00 bits per heavy atom. The summed E-state index contributed by atoms with van der Waals surface area (Å²) in [7, 11) is 2.11. The minimum absolute atomic E-state index is 0.0384. The van der Waals surface area contributed by atoms with Gasteiger partial charge in [0, 0.05) is 57.6 Å². The fourth-order valence-electron chi connectivity index (χ4n) is 5.91. The lowest BCUT2D eigenvalue weighted by Gasteiger charge is -2.33. The van der Waals surface area contributed by atoms with Gasteiger partial charge in [0.25, 0.3) is 0 Å². The number of carbonyl (C=O) groups is 2. The highest BCUT2D eigenvalue weighted by Gasteiger charge is 2.22. The lowest BCUT2D eigenvalue weighted by atomic mass is 10.1. The van der Waals surface area contributed by atoms with Gasteiger partial charge in [0.2, 0.25) is 5.91 Å². The number of pyridine rings is 1. The molecule has 0 spiro atoms. The van der Waals surface area contributed by atoms with Crippen molar-refractivity contribution in [2.75, 3.05) is 52.0 Å². The Kier molecular flexibility index (Phi) is 9.89. The number of nitrogens with zero attached hydrogens (tertiary/aromatic N) is 6. The topological polar surface area (TPSA) is 121 Å². The number of piperazine rings is 1. The number of para-hydroxylation sites is 1. The summed E-state index contributed by atoms with van der Waals surface area (Å²) in [6.07, 6.45) is 3.64. The molecule has 1 aliphatic rings. The van der Waals surface area contributed by atoms with Crippen LogP contribution in [0.5, 0.6) is 0 Å². The highest BCUT2D eigenvalue weighted by Crippen LogP contribution is 2.29. The molecule has 1 saturated heterocycles. The van der Waals surface area contributed by atoms with Crippen LogP contribution in [0.4, 0.5) is 5.82 Å². The van der Waals surface area contributed by atoms with E-state index in [4.69, 9.17) is 10.7 Å². The number of hydrogen-bond donors (Lipinski definition) is 2. The first kappa shape index (κ1) is 30.4. The number of likely N-dealkylation sites (N-methyl/N-ethyl adjacent to an activating group) is 1. The Hall–Kier alpha value is -4.02. The number of hydrogen-bond acceptors (Lipinski definition) is 7. The molecule has 2 aromatic heterocycles. The number of carboxylic acids is 1. The predicted octanol–water partition coefficient (Wildman–Crippen LogP) is 3.80. The second-order valence-corrected chi connectivity index (χ2v) is 11.6. The average molecular weight is 586 g/mol. The van der Waals surface area contributed by atoms with E-state index in [0.717, 1.165) is 90.7 Å². The molecule has 1 fully saturated rings. The van der Waals surface area contributed by atoms with Gasteiger partial charge >= 0.3 is 5.97 Å². The van der Waals surface area contributed by atoms with Crippen molar-refractivity contribution in [1.82, 2.24) is 29.2 Å². The van der Waals surface area contributed by atoms with E-state index < -0.39 is 5.97 Å². The molecule has 228 valence electrons. The molecule has 0 radical (unpaired) electrons. The third-order valence-corrected chi connectivity index (χ3v) is 8.28. The van der Waals surface area contributed by atoms with E-state index in [1.165, 1.54) is 0 Å². The quantitative estimate of drug-likeness (QED) is 0.243. The Morgan fingerprint density at radius 2 is 1.77 bits per heavy atom. The first-order valence-electron chi connectivity index (χ1n) is 15.3. The van der Waals surface area contributed by atoms with Crippen molar-refractivity contribution in [2.45, 2.75) is 52.1 Å². The van der Waals surface area contributed by atoms with Gasteiger partial charge < -0.3 is 25.2 Å². The van der Waals surface area contributed by atoms with E-state index in [0.29, 0.717) is 32.0 Å². The SMILES string of the molecule is CCCCc1nc2c(N)nc3ccccc3c2n1CCCN(Cc1cccc(CC(=O)O)c1)C(=O)CN1CCN(C)CC1. The van der Waals surface area contributed by atoms with E-state index in [1.54, 1.807) is 0 Å². The van der Waals surface area contributed by atoms with Crippen LogP contribution in [-0.2, 0) is 35.5 Å². The zero-order chi connectivity index (χ0) is 30.3. The van der Waals surface area contributed by atoms with E-state index in [-0.39, 0.29) is 12.3 Å². The molecular weight excluding hydrogens is 542 g/mol. The monoisotopic (exact) mass is 585 g/mol. The Balaban J connectivity index is 1.39. The zero-order valence-electron chi connectivity index (χ0n) is 25.3. The summed E-state index contributed by atoms with van der Waals surface area (Å²) in [5.74, 6) is 0.664. The maximum Gasteiger partial charge on any atom is 0.307 e. The van der Waals surface area contributed by atoms with Gasteiger partial charge in [-0.15, -0.1) is 0 Å². The summed E-state index contributed by atoms with van der Waals surface area (Å²) in [5, 5.41) is 10.3. The number of aryl methyl sites for hydroxylation is 2. The maximum atomic E-state index is 13.7. The number of carboxylic acid groups (broad SMARTS) is 1. The number of imidazole rings is 1. The highest BCUT2D eigenvalue weighted by molar-refractivity contribution is 6.06. The van der Waals surface area contributed by atoms with Crippen molar-refractivity contribution < 1.29 is 14.7 Å². The normalized spacial score (nSPS) is 14.5. The van der Waals surface area contributed by atoms with Crippen molar-refractivity contribution in [2.24, 2.45) is 0 Å². The van der Waals surface area contributed by atoms with Crippen LogP contribution in [-0.4, -0.2) is 92.5 Å². The van der Waals surface area contributed by atoms with Crippen molar-refractivity contribution in [1.29, 1.82) is 0 Å². The number of fused-ring (bicyclic) bond motifs is 3. The van der Waals surface area contributed by atoms with E-state index in [9.17, 15) is 14.7 Å². The molecule has 10 heteroatoms. The number of nitrogens with two attached hydrogens (primary N) is 1. The number of nitrogen functional groups attached to an aromatic ring is 1. The van der Waals surface area contributed by atoms with Crippen molar-refractivity contribution in [3.05, 3.63) is 65.5 Å². The number of benzene rings is 2. The molecule has 0 unspecified atom stereocenters. The van der Waals surface area contributed by atoms with Gasteiger partial charge in [-0.3, -0.25) is 14.5 Å². The van der Waals surface area contributed by atoms with Crippen LogP contribution >= 0.6 is 0 Å². The predicted molar refractivity (Wildman–Crippen MR) is 170 cm³/mol. The van der Waals surface area contributed by atoms with Crippen LogP contribution in [0.3, 0.4) is 0 Å². The molecule has 0 bridgehead atoms. The fourth-order valence-corrected chi connectivity index (χ4v) is 5.91. The van der Waals surface area contributed by atoms with Gasteiger partial charge in [0.15, 0.2) is 5.82 Å². The summed E-state index contributed by atoms with van der Waals surface area (Å²) in [6.45, 7) is 7.89. The molecule has 0 aliphatic carbocycles. The molecule has 1 aliphatic heterocycles. The summed E-state index contributed by atoms with van der Waals surface area (Å²) >= 11 is 0. The maximum absolute atomic E-state index is 13.7. The van der Waals surface area contributed by atoms with Crippen molar-refractivity contribution in [3.8, 4) is 0 Å². The van der Waals surface area contributed by atoms with Gasteiger partial charge in [-0.05, 0) is 37.1 Å². The van der Waals surface area contributed by atoms with Gasteiger partial charge in [-0.2, -0.15) is 0 Å². The summed E-state index contributed by atoms with van der Waals surface area (Å²) in [4.78, 5) is 41.0. The van der Waals surface area contributed by atoms with Crippen LogP contribution in [0.15, 0.2) is 48.5 Å². The second-order valence-electron chi connectivity index (χ2n) is 11.6. The molecule has 2 aromatic carbocycles. The Labute approximate surface area is 253 Å². The van der Waals surface area contributed by atoms with Crippen LogP contribution in [0.2, 0.25) is 0 Å². The number of carbonyl (C=O) groups excluding carboxylic acids is 1. The van der Waals surface area contributed by atoms with Gasteiger partial charge in [0.05, 0.1) is 24.0 Å². The van der Waals surface area contributed by atoms with Crippen LogP contribution in [0.1, 0.15) is 43.1 Å². The lowest BCUT2D eigenvalue weighted by molar-refractivity contribution is -0.136. The number of unbranched alkanes of at least 4 members (excludes halogenated alkanes) is 1. The van der Waals surface area contributed by atoms with E-state index in [1.807, 2.05) is 47.4 Å². The number of aliphatic carboxylic acids is 1. The summed E-state index contributed by atoms with van der Waals surface area (Å²) in [5.41, 5.74) is 10.7. The van der Waals surface area contributed by atoms with Crippen LogP contribution in [0, 0.1) is 0 Å². The average Bonchev–Trinajstić information content (AvgIpc) is 3.35. The molecule has 43 heavy (non-hydrogen) atoms. The minimum Gasteiger partial charge on any atom is -0.481 e. The van der Waals surface area contributed by atoms with Crippen LogP contribution < -0.4 is 5.73 Å². The molecule has 1 amide bonds.